The van der Waals surface area contributed by atoms with E-state index >= 15 is 0 Å². The molecule has 118 valence electrons. The molecule has 0 amide bonds. The van der Waals surface area contributed by atoms with Gasteiger partial charge in [0.15, 0.2) is 5.84 Å². The van der Waals surface area contributed by atoms with E-state index in [4.69, 9.17) is 15.7 Å². The van der Waals surface area contributed by atoms with E-state index in [-0.39, 0.29) is 18.5 Å². The van der Waals surface area contributed by atoms with Gasteiger partial charge in [-0.3, -0.25) is 4.72 Å². The van der Waals surface area contributed by atoms with Crippen LogP contribution in [0.1, 0.15) is 13.8 Å². The highest BCUT2D eigenvalue weighted by atomic mass is 32.2. The number of amidine groups is 1. The Morgan fingerprint density at radius 2 is 2.00 bits per heavy atom. The Morgan fingerprint density at radius 1 is 1.43 bits per heavy atom. The van der Waals surface area contributed by atoms with Crippen LogP contribution in [0.5, 0.6) is 5.75 Å². The van der Waals surface area contributed by atoms with Gasteiger partial charge in [-0.25, -0.2) is 0 Å². The zero-order valence-electron chi connectivity index (χ0n) is 12.1. The quantitative estimate of drug-likeness (QED) is 0.298. The molecule has 0 spiro atoms. The number of nitrogens with two attached hydrogens (primary N) is 1. The predicted molar refractivity (Wildman–Crippen MR) is 80.8 cm³/mol. The molecular weight excluding hydrogens is 296 g/mol. The Hall–Kier alpha value is -2.00. The summed E-state index contributed by atoms with van der Waals surface area (Å²) in [5.74, 6) is 0.417. The van der Waals surface area contributed by atoms with Gasteiger partial charge in [0.25, 0.3) is 0 Å². The standard InChI is InChI=1S/C12H20N4O4S/c1-9(2)16(3)21(18,19)15-10-4-6-11(7-5-10)20-8-12(13)14-17/h4-7,9,15,17H,8H2,1-3H3,(H2,13,14). The third-order valence-corrected chi connectivity index (χ3v) is 4.40. The van der Waals surface area contributed by atoms with Gasteiger partial charge in [-0.2, -0.15) is 12.7 Å². The molecule has 21 heavy (non-hydrogen) atoms. The minimum atomic E-state index is -3.58. The van der Waals surface area contributed by atoms with Crippen molar-refractivity contribution in [1.29, 1.82) is 0 Å². The zero-order valence-corrected chi connectivity index (χ0v) is 13.0. The zero-order chi connectivity index (χ0) is 16.0. The summed E-state index contributed by atoms with van der Waals surface area (Å²) >= 11 is 0. The van der Waals surface area contributed by atoms with Gasteiger partial charge in [0.05, 0.1) is 5.69 Å². The Morgan fingerprint density at radius 3 is 2.48 bits per heavy atom. The van der Waals surface area contributed by atoms with Gasteiger partial charge >= 0.3 is 10.2 Å². The Balaban J connectivity index is 2.71. The van der Waals surface area contributed by atoms with Crippen LogP contribution in [0, 0.1) is 0 Å². The predicted octanol–water partition coefficient (Wildman–Crippen LogP) is 0.809. The second-order valence-electron chi connectivity index (χ2n) is 4.62. The fraction of sp³-hybridized carbons (Fsp3) is 0.417. The molecule has 4 N–H and O–H groups in total. The molecule has 0 aliphatic rings. The normalized spacial score (nSPS) is 12.7. The van der Waals surface area contributed by atoms with Crippen molar-refractivity contribution in [2.75, 3.05) is 18.4 Å². The van der Waals surface area contributed by atoms with Crippen LogP contribution in [-0.4, -0.2) is 43.5 Å². The summed E-state index contributed by atoms with van der Waals surface area (Å²) in [6.07, 6.45) is 0. The maximum absolute atomic E-state index is 12.0. The van der Waals surface area contributed by atoms with Gasteiger partial charge in [-0.05, 0) is 38.1 Å². The summed E-state index contributed by atoms with van der Waals surface area (Å²) in [7, 11) is -2.08. The van der Waals surface area contributed by atoms with Gasteiger partial charge in [0, 0.05) is 13.1 Å². The molecule has 0 saturated heterocycles. The molecule has 0 bridgehead atoms. The van der Waals surface area contributed by atoms with Crippen molar-refractivity contribution in [3.8, 4) is 5.75 Å². The molecule has 0 aliphatic heterocycles. The van der Waals surface area contributed by atoms with Crippen molar-refractivity contribution in [3.05, 3.63) is 24.3 Å². The van der Waals surface area contributed by atoms with Crippen molar-refractivity contribution < 1.29 is 18.4 Å². The number of benzene rings is 1. The van der Waals surface area contributed by atoms with Crippen LogP contribution in [0.2, 0.25) is 0 Å². The summed E-state index contributed by atoms with van der Waals surface area (Å²) in [6, 6.07) is 6.14. The monoisotopic (exact) mass is 316 g/mol. The van der Waals surface area contributed by atoms with Crippen molar-refractivity contribution in [1.82, 2.24) is 4.31 Å². The summed E-state index contributed by atoms with van der Waals surface area (Å²) < 4.78 is 32.9. The number of hydrogen-bond donors (Lipinski definition) is 3. The van der Waals surface area contributed by atoms with E-state index in [1.807, 2.05) is 0 Å². The average Bonchev–Trinajstić information content (AvgIpc) is 2.44. The second-order valence-corrected chi connectivity index (χ2v) is 6.35. The average molecular weight is 316 g/mol. The highest BCUT2D eigenvalue weighted by Crippen LogP contribution is 2.17. The molecule has 8 nitrogen and oxygen atoms in total. The first-order valence-corrected chi connectivity index (χ1v) is 7.65. The number of nitrogens with one attached hydrogen (secondary N) is 1. The van der Waals surface area contributed by atoms with E-state index in [1.54, 1.807) is 38.1 Å². The summed E-state index contributed by atoms with van der Waals surface area (Å²) in [6.45, 7) is 3.50. The van der Waals surface area contributed by atoms with Crippen LogP contribution in [0.4, 0.5) is 5.69 Å². The van der Waals surface area contributed by atoms with E-state index in [9.17, 15) is 8.42 Å². The van der Waals surface area contributed by atoms with Crippen LogP contribution >= 0.6 is 0 Å². The fourth-order valence-corrected chi connectivity index (χ4v) is 2.44. The lowest BCUT2D eigenvalue weighted by Gasteiger charge is -2.21. The van der Waals surface area contributed by atoms with Crippen molar-refractivity contribution in [2.45, 2.75) is 19.9 Å². The number of ether oxygens (including phenoxy) is 1. The molecule has 0 atom stereocenters. The number of nitrogens with zero attached hydrogens (tertiary/aromatic N) is 2. The Bertz CT molecular complexity index is 584. The number of hydrogen-bond acceptors (Lipinski definition) is 5. The van der Waals surface area contributed by atoms with E-state index < -0.39 is 10.2 Å². The van der Waals surface area contributed by atoms with E-state index in [0.29, 0.717) is 11.4 Å². The van der Waals surface area contributed by atoms with Gasteiger partial charge < -0.3 is 15.7 Å². The lowest BCUT2D eigenvalue weighted by Crippen LogP contribution is -2.37. The first kappa shape index (κ1) is 17.1. The molecule has 0 aliphatic carbocycles. The molecule has 0 fully saturated rings. The molecular formula is C12H20N4O4S. The molecule has 0 radical (unpaired) electrons. The van der Waals surface area contributed by atoms with Crippen molar-refractivity contribution >= 4 is 21.7 Å². The first-order chi connectivity index (χ1) is 9.76. The first-order valence-electron chi connectivity index (χ1n) is 6.21. The number of oxime groups is 1. The van der Waals surface area contributed by atoms with Gasteiger partial charge in [-0.15, -0.1) is 0 Å². The third-order valence-electron chi connectivity index (χ3n) is 2.72. The summed E-state index contributed by atoms with van der Waals surface area (Å²) in [4.78, 5) is 0. The molecule has 9 heteroatoms. The van der Waals surface area contributed by atoms with Crippen LogP contribution in [-0.2, 0) is 10.2 Å². The summed E-state index contributed by atoms with van der Waals surface area (Å²) in [5, 5.41) is 11.2. The molecule has 0 aromatic heterocycles. The topological polar surface area (TPSA) is 117 Å². The van der Waals surface area contributed by atoms with E-state index in [0.717, 1.165) is 0 Å². The fourth-order valence-electron chi connectivity index (χ4n) is 1.30. The van der Waals surface area contributed by atoms with Gasteiger partial charge in [0.2, 0.25) is 0 Å². The SMILES string of the molecule is CC(C)N(C)S(=O)(=O)Nc1ccc(OCC(N)=NO)cc1. The van der Waals surface area contributed by atoms with Crippen LogP contribution in [0.15, 0.2) is 29.4 Å². The van der Waals surface area contributed by atoms with Crippen LogP contribution in [0.25, 0.3) is 0 Å². The minimum Gasteiger partial charge on any atom is -0.486 e. The maximum atomic E-state index is 12.0. The lowest BCUT2D eigenvalue weighted by atomic mass is 10.3. The molecule has 1 aromatic carbocycles. The molecule has 1 aromatic rings. The smallest absolute Gasteiger partial charge is 0.301 e. The van der Waals surface area contributed by atoms with Crippen LogP contribution < -0.4 is 15.2 Å². The highest BCUT2D eigenvalue weighted by molar-refractivity contribution is 7.90. The number of anilines is 1. The highest BCUT2D eigenvalue weighted by Gasteiger charge is 2.20. The largest absolute Gasteiger partial charge is 0.486 e. The Kier molecular flexibility index (Phi) is 5.79. The van der Waals surface area contributed by atoms with Gasteiger partial charge in [0.1, 0.15) is 12.4 Å². The molecule has 0 saturated carbocycles. The van der Waals surface area contributed by atoms with Crippen molar-refractivity contribution in [2.24, 2.45) is 10.9 Å². The molecule has 0 unspecified atom stereocenters. The van der Waals surface area contributed by atoms with Crippen LogP contribution in [0.3, 0.4) is 0 Å². The van der Waals surface area contributed by atoms with Crippen molar-refractivity contribution in [3.63, 3.8) is 0 Å². The maximum Gasteiger partial charge on any atom is 0.301 e. The minimum absolute atomic E-state index is 0.0571. The lowest BCUT2D eigenvalue weighted by molar-refractivity contribution is 0.306. The second kappa shape index (κ2) is 7.14. The third kappa shape index (κ3) is 5.12. The van der Waals surface area contributed by atoms with E-state index in [1.165, 1.54) is 11.4 Å². The number of rotatable bonds is 7. The molecule has 0 heterocycles. The summed E-state index contributed by atoms with van der Waals surface area (Å²) in [5.41, 5.74) is 5.69. The Labute approximate surface area is 124 Å². The molecule has 1 rings (SSSR count). The van der Waals surface area contributed by atoms with Gasteiger partial charge in [-0.1, -0.05) is 5.16 Å². The van der Waals surface area contributed by atoms with E-state index in [2.05, 4.69) is 9.88 Å².